The molecule has 268 valence electrons. The molecular weight excluding hydrogens is 700 g/mol. The topological polar surface area (TPSA) is 35.6 Å². The molecule has 0 saturated carbocycles. The summed E-state index contributed by atoms with van der Waals surface area (Å²) in [6.07, 6.45) is 3.57. The van der Waals surface area contributed by atoms with E-state index in [9.17, 15) is 0 Å². The second-order valence-corrected chi connectivity index (χ2v) is 14.4. The van der Waals surface area contributed by atoms with Crippen molar-refractivity contribution in [2.24, 2.45) is 0 Å². The summed E-state index contributed by atoms with van der Waals surface area (Å²) < 4.78 is 19.6. The summed E-state index contributed by atoms with van der Waals surface area (Å²) in [7, 11) is 0. The number of hydrogen-bond acceptors (Lipinski definition) is 2. The van der Waals surface area contributed by atoms with Crippen LogP contribution in [-0.4, -0.2) is 19.1 Å². The summed E-state index contributed by atoms with van der Waals surface area (Å²) in [4.78, 5) is 9.75. The van der Waals surface area contributed by atoms with Gasteiger partial charge in [-0.3, -0.25) is 4.57 Å². The molecule has 0 saturated heterocycles. The lowest BCUT2D eigenvalue weighted by molar-refractivity contribution is 0.629. The molecule has 4 nitrogen and oxygen atoms in total. The number of rotatable bonds is 6. The number of hydrogen-bond donors (Lipinski definition) is 0. The maximum Gasteiger partial charge on any atom is 0.234 e. The first-order valence-electron chi connectivity index (χ1n) is 19.1. The van der Waals surface area contributed by atoms with Gasteiger partial charge in [0, 0.05) is 45.2 Å². The Bertz CT molecular complexity index is 3270. The molecule has 0 aliphatic heterocycles. The van der Waals surface area contributed by atoms with E-state index in [0.29, 0.717) is 5.95 Å². The molecule has 0 bridgehead atoms. The van der Waals surface area contributed by atoms with Crippen LogP contribution in [0.4, 0.5) is 4.39 Å². The largest absolute Gasteiger partial charge is 0.309 e. The molecule has 0 aliphatic carbocycles. The fraction of sp³-hybridized carbons (Fsp3) is 0. The van der Waals surface area contributed by atoms with Gasteiger partial charge in [0.1, 0.15) is 5.82 Å². The third kappa shape index (κ3) is 5.59. The maximum absolute atomic E-state index is 15.1. The molecule has 0 atom stereocenters. The average molecular weight is 733 g/mol. The van der Waals surface area contributed by atoms with Crippen molar-refractivity contribution in [1.29, 1.82) is 0 Å². The number of aromatic nitrogens is 4. The monoisotopic (exact) mass is 732 g/mol. The number of halogens is 1. The predicted molar refractivity (Wildman–Crippen MR) is 232 cm³/mol. The van der Waals surface area contributed by atoms with E-state index in [-0.39, 0.29) is 5.82 Å². The van der Waals surface area contributed by atoms with Crippen LogP contribution in [0.5, 0.6) is 0 Å². The van der Waals surface area contributed by atoms with Crippen LogP contribution in [0.3, 0.4) is 0 Å². The molecule has 5 heteroatoms. The first-order valence-corrected chi connectivity index (χ1v) is 19.1. The van der Waals surface area contributed by atoms with E-state index in [1.165, 1.54) is 21.8 Å². The SMILES string of the molecule is Fc1cc(-c2ccc(-c3ccccc3)cc2)cc(-c2cnc(-n3c4ccccc4c4cc(-c5ccc6c(c5)c5ccccc5n6-c5ccccc5)ccc43)nc2)c1. The number of para-hydroxylation sites is 3. The quantitative estimate of drug-likeness (QED) is 0.171. The summed E-state index contributed by atoms with van der Waals surface area (Å²) >= 11 is 0. The van der Waals surface area contributed by atoms with Gasteiger partial charge in [-0.1, -0.05) is 121 Å². The van der Waals surface area contributed by atoms with Crippen LogP contribution in [-0.2, 0) is 0 Å². The number of fused-ring (bicyclic) bond motifs is 6. The van der Waals surface area contributed by atoms with E-state index >= 15 is 4.39 Å². The minimum Gasteiger partial charge on any atom is -0.309 e. The van der Waals surface area contributed by atoms with E-state index < -0.39 is 0 Å². The highest BCUT2D eigenvalue weighted by Crippen LogP contribution is 2.38. The fourth-order valence-corrected chi connectivity index (χ4v) is 8.37. The van der Waals surface area contributed by atoms with Crippen LogP contribution >= 0.6 is 0 Å². The summed E-state index contributed by atoms with van der Waals surface area (Å²) in [5.41, 5.74) is 13.3. The van der Waals surface area contributed by atoms with Crippen LogP contribution < -0.4 is 0 Å². The molecule has 0 amide bonds. The first-order chi connectivity index (χ1) is 28.2. The lowest BCUT2D eigenvalue weighted by Gasteiger charge is -2.10. The zero-order valence-corrected chi connectivity index (χ0v) is 30.7. The Kier molecular flexibility index (Phi) is 7.64. The predicted octanol–water partition coefficient (Wildman–Crippen LogP) is 13.5. The molecule has 0 radical (unpaired) electrons. The van der Waals surface area contributed by atoms with Gasteiger partial charge in [0.05, 0.1) is 22.1 Å². The molecule has 3 heterocycles. The standard InChI is InChI=1S/C52H33FN4/c53-42-28-39(36-21-19-35(20-22-36)34-11-3-1-4-12-34)27-40(29-42)41-32-54-52(55-33-41)57-49-18-10-8-16-45(49)47-31-38(24-26-51(47)57)37-23-25-50-46(30-37)44-15-7-9-17-48(44)56(50)43-13-5-2-6-14-43/h1-33H. The Morgan fingerprint density at radius 2 is 0.754 bits per heavy atom. The molecule has 11 aromatic rings. The summed E-state index contributed by atoms with van der Waals surface area (Å²) in [5, 5.41) is 4.69. The van der Waals surface area contributed by atoms with Gasteiger partial charge in [-0.25, -0.2) is 14.4 Å². The van der Waals surface area contributed by atoms with Crippen molar-refractivity contribution in [3.63, 3.8) is 0 Å². The lowest BCUT2D eigenvalue weighted by atomic mass is 9.98. The Hall–Kier alpha value is -7.63. The molecule has 0 fully saturated rings. The van der Waals surface area contributed by atoms with Crippen molar-refractivity contribution in [1.82, 2.24) is 19.1 Å². The van der Waals surface area contributed by atoms with Crippen molar-refractivity contribution < 1.29 is 4.39 Å². The van der Waals surface area contributed by atoms with Gasteiger partial charge in [-0.2, -0.15) is 0 Å². The van der Waals surface area contributed by atoms with Crippen molar-refractivity contribution in [2.45, 2.75) is 0 Å². The molecule has 0 spiro atoms. The highest BCUT2D eigenvalue weighted by atomic mass is 19.1. The third-order valence-electron chi connectivity index (χ3n) is 11.1. The Balaban J connectivity index is 0.957. The zero-order valence-electron chi connectivity index (χ0n) is 30.7. The van der Waals surface area contributed by atoms with Gasteiger partial charge >= 0.3 is 0 Å². The highest BCUT2D eigenvalue weighted by Gasteiger charge is 2.17. The third-order valence-corrected chi connectivity index (χ3v) is 11.1. The average Bonchev–Trinajstić information content (AvgIpc) is 3.79. The lowest BCUT2D eigenvalue weighted by Crippen LogP contribution is -2.00. The van der Waals surface area contributed by atoms with E-state index in [0.717, 1.165) is 72.0 Å². The van der Waals surface area contributed by atoms with Gasteiger partial charge in [-0.15, -0.1) is 0 Å². The summed E-state index contributed by atoms with van der Waals surface area (Å²) in [5.74, 6) is 0.249. The first kappa shape index (κ1) is 32.8. The molecule has 8 aromatic carbocycles. The number of benzene rings is 8. The minimum atomic E-state index is -0.307. The second kappa shape index (κ2) is 13.3. The zero-order chi connectivity index (χ0) is 37.9. The molecular formula is C52H33FN4. The van der Waals surface area contributed by atoms with Gasteiger partial charge in [0.15, 0.2) is 0 Å². The van der Waals surface area contributed by atoms with Gasteiger partial charge in [-0.05, 0) is 106 Å². The molecule has 57 heavy (non-hydrogen) atoms. The second-order valence-electron chi connectivity index (χ2n) is 14.4. The van der Waals surface area contributed by atoms with Gasteiger partial charge < -0.3 is 4.57 Å². The van der Waals surface area contributed by atoms with Crippen LogP contribution in [0.2, 0.25) is 0 Å². The van der Waals surface area contributed by atoms with Gasteiger partial charge in [0.2, 0.25) is 5.95 Å². The minimum absolute atomic E-state index is 0.307. The van der Waals surface area contributed by atoms with Crippen molar-refractivity contribution in [3.8, 4) is 56.1 Å². The maximum atomic E-state index is 15.1. The van der Waals surface area contributed by atoms with Crippen LogP contribution in [0, 0.1) is 5.82 Å². The van der Waals surface area contributed by atoms with Crippen LogP contribution in [0.25, 0.3) is 99.8 Å². The van der Waals surface area contributed by atoms with E-state index in [1.54, 1.807) is 24.5 Å². The molecule has 11 rings (SSSR count). The smallest absolute Gasteiger partial charge is 0.234 e. The van der Waals surface area contributed by atoms with Crippen LogP contribution in [0.15, 0.2) is 200 Å². The Labute approximate surface area is 328 Å². The van der Waals surface area contributed by atoms with Crippen molar-refractivity contribution in [3.05, 3.63) is 206 Å². The van der Waals surface area contributed by atoms with E-state index in [4.69, 9.17) is 9.97 Å². The summed E-state index contributed by atoms with van der Waals surface area (Å²) in [6, 6.07) is 64.5. The number of nitrogens with zero attached hydrogens (tertiary/aromatic N) is 4. The van der Waals surface area contributed by atoms with E-state index in [1.807, 2.05) is 42.5 Å². The normalized spacial score (nSPS) is 11.6. The van der Waals surface area contributed by atoms with E-state index in [2.05, 4.69) is 143 Å². The molecule has 3 aromatic heterocycles. The van der Waals surface area contributed by atoms with Crippen LogP contribution in [0.1, 0.15) is 0 Å². The Morgan fingerprint density at radius 1 is 0.316 bits per heavy atom. The highest BCUT2D eigenvalue weighted by molar-refractivity contribution is 6.12. The Morgan fingerprint density at radius 3 is 1.37 bits per heavy atom. The van der Waals surface area contributed by atoms with Crippen molar-refractivity contribution in [2.75, 3.05) is 0 Å². The summed E-state index contributed by atoms with van der Waals surface area (Å²) in [6.45, 7) is 0. The fourth-order valence-electron chi connectivity index (χ4n) is 8.37. The molecule has 0 aliphatic rings. The van der Waals surface area contributed by atoms with Gasteiger partial charge in [0.25, 0.3) is 0 Å². The molecule has 0 N–H and O–H groups in total. The molecule has 0 unspecified atom stereocenters. The van der Waals surface area contributed by atoms with Crippen molar-refractivity contribution >= 4 is 43.6 Å².